The van der Waals surface area contributed by atoms with Gasteiger partial charge in [-0.2, -0.15) is 0 Å². The third-order valence-corrected chi connectivity index (χ3v) is 4.02. The fourth-order valence-corrected chi connectivity index (χ4v) is 2.82. The summed E-state index contributed by atoms with van der Waals surface area (Å²) < 4.78 is 5.56. The van der Waals surface area contributed by atoms with Crippen LogP contribution in [-0.2, 0) is 4.74 Å². The number of hydrogen-bond donors (Lipinski definition) is 1. The minimum Gasteiger partial charge on any atom is -0.372 e. The molecule has 1 heterocycles. The Morgan fingerprint density at radius 2 is 2.06 bits per heavy atom. The lowest BCUT2D eigenvalue weighted by Gasteiger charge is -2.10. The van der Waals surface area contributed by atoms with Crippen LogP contribution >= 0.6 is 11.3 Å². The number of hydrogen-bond acceptors (Lipinski definition) is 4. The minimum atomic E-state index is 0.108. The predicted molar refractivity (Wildman–Crippen MR) is 69.0 cm³/mol. The molecule has 0 bridgehead atoms. The lowest BCUT2D eigenvalue weighted by Crippen LogP contribution is -2.17. The van der Waals surface area contributed by atoms with Crippen molar-refractivity contribution in [2.45, 2.75) is 46.8 Å². The molecule has 0 fully saturated rings. The zero-order valence-corrected chi connectivity index (χ0v) is 11.6. The molecule has 4 heteroatoms. The predicted octanol–water partition coefficient (Wildman–Crippen LogP) is 3.22. The molecular weight excluding hydrogens is 220 g/mol. The fourth-order valence-electron chi connectivity index (χ4n) is 1.73. The van der Waals surface area contributed by atoms with Crippen molar-refractivity contribution in [2.75, 3.05) is 13.2 Å². The normalized spacial score (nSPS) is 15.1. The quantitative estimate of drug-likeness (QED) is 0.831. The van der Waals surface area contributed by atoms with E-state index in [0.29, 0.717) is 6.04 Å². The van der Waals surface area contributed by atoms with E-state index in [1.807, 2.05) is 6.92 Å². The Morgan fingerprint density at radius 3 is 2.62 bits per heavy atom. The van der Waals surface area contributed by atoms with Crippen LogP contribution in [-0.4, -0.2) is 18.1 Å². The fraction of sp³-hybridized carbons (Fsp3) is 0.750. The van der Waals surface area contributed by atoms with Gasteiger partial charge in [0.25, 0.3) is 0 Å². The molecule has 0 aliphatic carbocycles. The van der Waals surface area contributed by atoms with Crippen LogP contribution in [0.1, 0.15) is 55.4 Å². The van der Waals surface area contributed by atoms with Crippen LogP contribution in [0, 0.1) is 6.92 Å². The molecule has 1 aromatic heterocycles. The molecule has 0 radical (unpaired) electrons. The van der Waals surface area contributed by atoms with E-state index in [9.17, 15) is 0 Å². The average molecular weight is 242 g/mol. The van der Waals surface area contributed by atoms with Gasteiger partial charge in [0, 0.05) is 17.5 Å². The SMILES string of the molecule is CCNC(C)c1sc(C(C)OCC)nc1C. The lowest BCUT2D eigenvalue weighted by atomic mass is 10.2. The molecule has 0 saturated carbocycles. The smallest absolute Gasteiger partial charge is 0.122 e. The maximum Gasteiger partial charge on any atom is 0.122 e. The van der Waals surface area contributed by atoms with Gasteiger partial charge < -0.3 is 10.1 Å². The molecule has 3 nitrogen and oxygen atoms in total. The van der Waals surface area contributed by atoms with Gasteiger partial charge >= 0.3 is 0 Å². The van der Waals surface area contributed by atoms with Gasteiger partial charge in [0.1, 0.15) is 11.1 Å². The summed E-state index contributed by atoms with van der Waals surface area (Å²) in [7, 11) is 0. The summed E-state index contributed by atoms with van der Waals surface area (Å²) in [6, 6.07) is 0.380. The van der Waals surface area contributed by atoms with Crippen molar-refractivity contribution in [3.63, 3.8) is 0 Å². The van der Waals surface area contributed by atoms with Crippen LogP contribution in [0.15, 0.2) is 0 Å². The highest BCUT2D eigenvalue weighted by molar-refractivity contribution is 7.11. The maximum absolute atomic E-state index is 5.56. The first kappa shape index (κ1) is 13.6. The minimum absolute atomic E-state index is 0.108. The van der Waals surface area contributed by atoms with E-state index >= 15 is 0 Å². The van der Waals surface area contributed by atoms with Crippen molar-refractivity contribution < 1.29 is 4.74 Å². The number of thiazole rings is 1. The highest BCUT2D eigenvalue weighted by Crippen LogP contribution is 2.29. The molecule has 0 aromatic carbocycles. The summed E-state index contributed by atoms with van der Waals surface area (Å²) in [6.45, 7) is 12.2. The zero-order valence-electron chi connectivity index (χ0n) is 10.8. The standard InChI is InChI=1S/C12H22N2OS/c1-6-13-8(3)11-9(4)14-12(16-11)10(5)15-7-2/h8,10,13H,6-7H2,1-5H3. The van der Waals surface area contributed by atoms with E-state index < -0.39 is 0 Å². The summed E-state index contributed by atoms with van der Waals surface area (Å²) in [5, 5.41) is 4.50. The molecule has 0 amide bonds. The van der Waals surface area contributed by atoms with Gasteiger partial charge in [-0.1, -0.05) is 6.92 Å². The Hall–Kier alpha value is -0.450. The molecule has 1 rings (SSSR count). The van der Waals surface area contributed by atoms with Gasteiger partial charge in [0.05, 0.1) is 5.69 Å². The van der Waals surface area contributed by atoms with Crippen LogP contribution in [0.5, 0.6) is 0 Å². The second-order valence-electron chi connectivity index (χ2n) is 3.88. The van der Waals surface area contributed by atoms with E-state index in [2.05, 4.69) is 38.0 Å². The first-order valence-corrected chi connectivity index (χ1v) is 6.73. The van der Waals surface area contributed by atoms with Gasteiger partial charge in [-0.3, -0.25) is 0 Å². The third-order valence-electron chi connectivity index (χ3n) is 2.52. The molecule has 92 valence electrons. The molecular formula is C12H22N2OS. The van der Waals surface area contributed by atoms with Crippen molar-refractivity contribution in [3.05, 3.63) is 15.6 Å². The molecule has 0 saturated heterocycles. The van der Waals surface area contributed by atoms with Gasteiger partial charge in [0.2, 0.25) is 0 Å². The zero-order chi connectivity index (χ0) is 12.1. The van der Waals surface area contributed by atoms with Crippen molar-refractivity contribution in [1.82, 2.24) is 10.3 Å². The molecule has 0 aliphatic heterocycles. The van der Waals surface area contributed by atoms with E-state index in [0.717, 1.165) is 23.9 Å². The summed E-state index contributed by atoms with van der Waals surface area (Å²) in [6.07, 6.45) is 0.108. The second-order valence-corrected chi connectivity index (χ2v) is 4.94. The Balaban J connectivity index is 2.80. The molecule has 0 aliphatic rings. The topological polar surface area (TPSA) is 34.1 Å². The number of rotatable bonds is 6. The number of nitrogens with zero attached hydrogens (tertiary/aromatic N) is 1. The van der Waals surface area contributed by atoms with Gasteiger partial charge in [0.15, 0.2) is 0 Å². The van der Waals surface area contributed by atoms with E-state index in [1.165, 1.54) is 4.88 Å². The Bertz CT molecular complexity index is 325. The van der Waals surface area contributed by atoms with Gasteiger partial charge in [-0.25, -0.2) is 4.98 Å². The molecule has 2 unspecified atom stereocenters. The third kappa shape index (κ3) is 3.27. The number of nitrogens with one attached hydrogen (secondary N) is 1. The summed E-state index contributed by atoms with van der Waals surface area (Å²) >= 11 is 1.76. The summed E-state index contributed by atoms with van der Waals surface area (Å²) in [5.74, 6) is 0. The van der Waals surface area contributed by atoms with E-state index in [-0.39, 0.29) is 6.10 Å². The van der Waals surface area contributed by atoms with Crippen molar-refractivity contribution in [2.24, 2.45) is 0 Å². The number of aryl methyl sites for hydroxylation is 1. The van der Waals surface area contributed by atoms with Crippen LogP contribution in [0.2, 0.25) is 0 Å². The summed E-state index contributed by atoms with van der Waals surface area (Å²) in [5.41, 5.74) is 1.13. The Labute approximate surface area is 102 Å². The van der Waals surface area contributed by atoms with Gasteiger partial charge in [-0.15, -0.1) is 11.3 Å². The average Bonchev–Trinajstić information content (AvgIpc) is 2.61. The molecule has 0 spiro atoms. The lowest BCUT2D eigenvalue weighted by molar-refractivity contribution is 0.0761. The largest absolute Gasteiger partial charge is 0.372 e. The van der Waals surface area contributed by atoms with Crippen LogP contribution < -0.4 is 5.32 Å². The highest BCUT2D eigenvalue weighted by atomic mass is 32.1. The first-order chi connectivity index (χ1) is 7.60. The van der Waals surface area contributed by atoms with E-state index in [4.69, 9.17) is 4.74 Å². The monoisotopic (exact) mass is 242 g/mol. The summed E-state index contributed by atoms with van der Waals surface area (Å²) in [4.78, 5) is 5.91. The number of ether oxygens (including phenoxy) is 1. The number of aromatic nitrogens is 1. The molecule has 1 N–H and O–H groups in total. The van der Waals surface area contributed by atoms with Crippen LogP contribution in [0.25, 0.3) is 0 Å². The second kappa shape index (κ2) is 6.33. The first-order valence-electron chi connectivity index (χ1n) is 5.92. The Kier molecular flexibility index (Phi) is 5.38. The van der Waals surface area contributed by atoms with Crippen molar-refractivity contribution in [1.29, 1.82) is 0 Å². The highest BCUT2D eigenvalue weighted by Gasteiger charge is 2.17. The molecule has 16 heavy (non-hydrogen) atoms. The van der Waals surface area contributed by atoms with Crippen LogP contribution in [0.4, 0.5) is 0 Å². The van der Waals surface area contributed by atoms with Crippen molar-refractivity contribution >= 4 is 11.3 Å². The Morgan fingerprint density at radius 1 is 1.38 bits per heavy atom. The maximum atomic E-state index is 5.56. The molecule has 1 aromatic rings. The van der Waals surface area contributed by atoms with Crippen LogP contribution in [0.3, 0.4) is 0 Å². The van der Waals surface area contributed by atoms with E-state index in [1.54, 1.807) is 11.3 Å². The molecule has 2 atom stereocenters. The van der Waals surface area contributed by atoms with Crippen molar-refractivity contribution in [3.8, 4) is 0 Å². The van der Waals surface area contributed by atoms with Gasteiger partial charge in [-0.05, 0) is 34.2 Å².